The van der Waals surface area contributed by atoms with Gasteiger partial charge in [-0.05, 0) is 6.42 Å². The van der Waals surface area contributed by atoms with Gasteiger partial charge >= 0.3 is 0 Å². The molecule has 0 bridgehead atoms. The maximum Gasteiger partial charge on any atom is 0.226 e. The number of amides is 1. The van der Waals surface area contributed by atoms with E-state index in [4.69, 9.17) is 0 Å². The number of rotatable bonds is 5. The number of nitrogens with zero attached hydrogens (tertiary/aromatic N) is 2. The van der Waals surface area contributed by atoms with Crippen LogP contribution in [-0.4, -0.2) is 50.1 Å². The van der Waals surface area contributed by atoms with Crippen LogP contribution < -0.4 is 0 Å². The zero-order valence-electron chi connectivity index (χ0n) is 9.63. The van der Waals surface area contributed by atoms with Crippen molar-refractivity contribution in [2.24, 2.45) is 0 Å². The molecule has 18 heavy (non-hydrogen) atoms. The van der Waals surface area contributed by atoms with E-state index >= 15 is 0 Å². The smallest absolute Gasteiger partial charge is 0.226 e. The summed E-state index contributed by atoms with van der Waals surface area (Å²) in [5.74, 6) is 0.259. The Balaban J connectivity index is -0.0000000720. The molecule has 0 radical (unpaired) electrons. The summed E-state index contributed by atoms with van der Waals surface area (Å²) in [6.07, 6.45) is 2.78. The third kappa shape index (κ3) is 20.8. The lowest BCUT2D eigenvalue weighted by Gasteiger charge is -2.29. The Labute approximate surface area is 119 Å². The predicted molar refractivity (Wildman–Crippen MR) is 88.8 cm³/mol. The molecule has 3 heteroatoms. The van der Waals surface area contributed by atoms with Gasteiger partial charge in [0.2, 0.25) is 5.91 Å². The van der Waals surface area contributed by atoms with Crippen molar-refractivity contribution < 1.29 is 9.28 Å². The van der Waals surface area contributed by atoms with Gasteiger partial charge in [-0.2, -0.15) is 0 Å². The summed E-state index contributed by atoms with van der Waals surface area (Å²) in [4.78, 5) is 13.3. The van der Waals surface area contributed by atoms with Crippen molar-refractivity contribution >= 4 is 5.91 Å². The van der Waals surface area contributed by atoms with Gasteiger partial charge in [-0.15, -0.1) is 0 Å². The lowest BCUT2D eigenvalue weighted by molar-refractivity contribution is -0.879. The van der Waals surface area contributed by atoms with Crippen LogP contribution in [0.4, 0.5) is 0 Å². The van der Waals surface area contributed by atoms with E-state index in [0.717, 1.165) is 24.0 Å². The average molecular weight is 268 g/mol. The SMILES string of the molecule is C.C.C.C.C.CCCCC(=O)N(C)C[N+](C)(C)C. The van der Waals surface area contributed by atoms with E-state index in [1.165, 1.54) is 0 Å². The molecule has 0 aliphatic heterocycles. The minimum absolute atomic E-state index is 0. The van der Waals surface area contributed by atoms with Crippen LogP contribution >= 0.6 is 0 Å². The van der Waals surface area contributed by atoms with Crippen LogP contribution in [0.5, 0.6) is 0 Å². The fraction of sp³-hybridized carbons (Fsp3) is 0.933. The molecule has 0 saturated heterocycles. The van der Waals surface area contributed by atoms with Gasteiger partial charge < -0.3 is 4.48 Å². The van der Waals surface area contributed by atoms with Crippen LogP contribution in [0.25, 0.3) is 0 Å². The first-order valence-corrected chi connectivity index (χ1v) is 4.91. The summed E-state index contributed by atoms with van der Waals surface area (Å²) in [6, 6.07) is 0. The van der Waals surface area contributed by atoms with Crippen molar-refractivity contribution in [1.29, 1.82) is 0 Å². The van der Waals surface area contributed by atoms with Crippen molar-refractivity contribution in [3.63, 3.8) is 0 Å². The molecule has 0 atom stereocenters. The first-order valence-electron chi connectivity index (χ1n) is 4.91. The van der Waals surface area contributed by atoms with E-state index in [1.807, 2.05) is 11.9 Å². The maximum absolute atomic E-state index is 11.5. The van der Waals surface area contributed by atoms with Gasteiger partial charge in [-0.25, -0.2) is 0 Å². The Morgan fingerprint density at radius 2 is 1.39 bits per heavy atom. The number of hydrogen-bond donors (Lipinski definition) is 0. The zero-order chi connectivity index (χ0) is 10.5. The van der Waals surface area contributed by atoms with E-state index in [1.54, 1.807) is 0 Å². The van der Waals surface area contributed by atoms with Crippen LogP contribution in [-0.2, 0) is 4.79 Å². The molecule has 0 aromatic rings. The molecule has 0 unspecified atom stereocenters. The summed E-state index contributed by atoms with van der Waals surface area (Å²) in [6.45, 7) is 2.88. The summed E-state index contributed by atoms with van der Waals surface area (Å²) in [5, 5.41) is 0. The molecular weight excluding hydrogens is 224 g/mol. The highest BCUT2D eigenvalue weighted by Crippen LogP contribution is 2.01. The van der Waals surface area contributed by atoms with Gasteiger partial charge in [0.05, 0.1) is 21.1 Å². The van der Waals surface area contributed by atoms with Crippen molar-refractivity contribution in [2.45, 2.75) is 63.3 Å². The lowest BCUT2D eigenvalue weighted by Crippen LogP contribution is -2.45. The number of carbonyl (C=O) groups is 1. The van der Waals surface area contributed by atoms with Gasteiger partial charge in [0.1, 0.15) is 0 Å². The minimum Gasteiger partial charge on any atom is -0.314 e. The summed E-state index contributed by atoms with van der Waals surface area (Å²) in [7, 11) is 8.14. The highest BCUT2D eigenvalue weighted by molar-refractivity contribution is 5.75. The Hall–Kier alpha value is -0.570. The number of hydrogen-bond acceptors (Lipinski definition) is 1. The van der Waals surface area contributed by atoms with Crippen LogP contribution in [0, 0.1) is 0 Å². The van der Waals surface area contributed by atoms with Gasteiger partial charge in [-0.1, -0.05) is 50.5 Å². The Bertz CT molecular complexity index is 162. The highest BCUT2D eigenvalue weighted by atomic mass is 16.2. The number of carbonyl (C=O) groups excluding carboxylic acids is 1. The lowest BCUT2D eigenvalue weighted by atomic mass is 10.2. The third-order valence-corrected chi connectivity index (χ3v) is 1.81. The Morgan fingerprint density at radius 3 is 1.67 bits per heavy atom. The van der Waals surface area contributed by atoms with E-state index in [0.29, 0.717) is 6.42 Å². The third-order valence-electron chi connectivity index (χ3n) is 1.81. The van der Waals surface area contributed by atoms with Crippen molar-refractivity contribution in [3.8, 4) is 0 Å². The fourth-order valence-corrected chi connectivity index (χ4v) is 1.23. The van der Waals surface area contributed by atoms with E-state index < -0.39 is 0 Å². The van der Waals surface area contributed by atoms with Crippen LogP contribution in [0.1, 0.15) is 63.3 Å². The molecule has 0 aliphatic rings. The molecule has 0 aliphatic carbocycles. The predicted octanol–water partition coefficient (Wildman–Crippen LogP) is 4.48. The van der Waals surface area contributed by atoms with Crippen LogP contribution in [0.2, 0.25) is 0 Å². The molecule has 0 aromatic carbocycles. The largest absolute Gasteiger partial charge is 0.314 e. The van der Waals surface area contributed by atoms with Gasteiger partial charge in [0.25, 0.3) is 0 Å². The van der Waals surface area contributed by atoms with Gasteiger partial charge in [0.15, 0.2) is 6.67 Å². The molecule has 1 amide bonds. The normalized spacial score (nSPS) is 8.28. The van der Waals surface area contributed by atoms with E-state index in [9.17, 15) is 4.79 Å². The van der Waals surface area contributed by atoms with Gasteiger partial charge in [0, 0.05) is 13.5 Å². The molecule has 0 fully saturated rings. The first-order chi connectivity index (χ1) is 5.87. The molecule has 0 heterocycles. The van der Waals surface area contributed by atoms with Crippen LogP contribution in [0.15, 0.2) is 0 Å². The van der Waals surface area contributed by atoms with Crippen molar-refractivity contribution in [3.05, 3.63) is 0 Å². The first kappa shape index (κ1) is 36.0. The average Bonchev–Trinajstić information content (AvgIpc) is 1.96. The van der Waals surface area contributed by atoms with E-state index in [2.05, 4.69) is 28.1 Å². The highest BCUT2D eigenvalue weighted by Gasteiger charge is 2.15. The Kier molecular flexibility index (Phi) is 32.9. The summed E-state index contributed by atoms with van der Waals surface area (Å²) in [5.41, 5.74) is 0. The standard InChI is InChI=1S/C10H23N2O.5CH4/c1-6-7-8-10(13)11(2)9-12(3,4)5;;;;;/h6-9H2,1-5H3;5*1H4/q+1;;;;;. The van der Waals surface area contributed by atoms with Crippen molar-refractivity contribution in [2.75, 3.05) is 34.9 Å². The second-order valence-electron chi connectivity index (χ2n) is 4.63. The molecule has 3 nitrogen and oxygen atoms in total. The maximum atomic E-state index is 11.5. The number of unbranched alkanes of at least 4 members (excludes halogenated alkanes) is 1. The van der Waals surface area contributed by atoms with Gasteiger partial charge in [-0.3, -0.25) is 9.69 Å². The zero-order valence-corrected chi connectivity index (χ0v) is 9.63. The van der Waals surface area contributed by atoms with Crippen LogP contribution in [0.3, 0.4) is 0 Å². The second kappa shape index (κ2) is 16.4. The monoisotopic (exact) mass is 267 g/mol. The molecule has 118 valence electrons. The molecule has 0 saturated carbocycles. The molecule has 0 spiro atoms. The second-order valence-corrected chi connectivity index (χ2v) is 4.63. The molecule has 0 N–H and O–H groups in total. The molecule has 0 aromatic heterocycles. The fourth-order valence-electron chi connectivity index (χ4n) is 1.23. The van der Waals surface area contributed by atoms with Crippen molar-refractivity contribution in [1.82, 2.24) is 4.90 Å². The summed E-state index contributed by atoms with van der Waals surface area (Å²) < 4.78 is 0.800. The minimum atomic E-state index is 0. The summed E-state index contributed by atoms with van der Waals surface area (Å²) >= 11 is 0. The Morgan fingerprint density at radius 1 is 1.00 bits per heavy atom. The quantitative estimate of drug-likeness (QED) is 0.531. The topological polar surface area (TPSA) is 20.3 Å². The molecular formula is C15H43N2O+. The van der Waals surface area contributed by atoms with E-state index in [-0.39, 0.29) is 43.0 Å². The number of quaternary nitrogens is 1. The molecule has 0 rings (SSSR count).